The lowest BCUT2D eigenvalue weighted by molar-refractivity contribution is 0.0722. The Bertz CT molecular complexity index is 869. The lowest BCUT2D eigenvalue weighted by Crippen LogP contribution is -2.47. The molecule has 2 heterocycles. The third-order valence-electron chi connectivity index (χ3n) is 3.73. The molecule has 0 saturated heterocycles. The predicted octanol–water partition coefficient (Wildman–Crippen LogP) is 0.925. The first-order valence-corrected chi connectivity index (χ1v) is 7.21. The summed E-state index contributed by atoms with van der Waals surface area (Å²) < 4.78 is 1.11. The number of nitrogens with zero attached hydrogens (tertiary/aromatic N) is 2. The number of amides is 1. The van der Waals surface area contributed by atoms with E-state index in [1.165, 1.54) is 7.05 Å². The summed E-state index contributed by atoms with van der Waals surface area (Å²) in [5.41, 5.74) is -0.130. The van der Waals surface area contributed by atoms with Gasteiger partial charge in [-0.25, -0.2) is 0 Å². The zero-order chi connectivity index (χ0) is 15.9. The van der Waals surface area contributed by atoms with E-state index in [9.17, 15) is 14.4 Å². The van der Waals surface area contributed by atoms with Crippen LogP contribution in [0, 0.1) is 0 Å². The van der Waals surface area contributed by atoms with Gasteiger partial charge >= 0.3 is 5.56 Å². The Hall–Kier alpha value is -2.34. The van der Waals surface area contributed by atoms with Gasteiger partial charge in [-0.3, -0.25) is 24.2 Å². The van der Waals surface area contributed by atoms with E-state index in [-0.39, 0.29) is 5.56 Å². The second-order valence-electron chi connectivity index (χ2n) is 5.27. The lowest BCUT2D eigenvalue weighted by Gasteiger charge is -2.28. The summed E-state index contributed by atoms with van der Waals surface area (Å²) in [6.07, 6.45) is 0.505. The summed E-state index contributed by atoms with van der Waals surface area (Å²) in [4.78, 5) is 37.9. The minimum absolute atomic E-state index is 0.0450. The molecule has 3 rings (SSSR count). The number of carbonyl (C=O) groups is 1. The molecule has 1 N–H and O–H groups in total. The summed E-state index contributed by atoms with van der Waals surface area (Å²) >= 11 is 5.94. The number of nitrogens with one attached hydrogen (secondary N) is 1. The van der Waals surface area contributed by atoms with Crippen LogP contribution < -0.4 is 11.0 Å². The molecule has 22 heavy (non-hydrogen) atoms. The van der Waals surface area contributed by atoms with Gasteiger partial charge in [-0.05, 0) is 17.7 Å². The smallest absolute Gasteiger partial charge is 0.313 e. The fourth-order valence-corrected chi connectivity index (χ4v) is 2.84. The van der Waals surface area contributed by atoms with Crippen molar-refractivity contribution in [2.75, 3.05) is 6.54 Å². The first-order valence-electron chi connectivity index (χ1n) is 6.83. The van der Waals surface area contributed by atoms with E-state index >= 15 is 0 Å². The number of rotatable bonds is 2. The third-order valence-corrected chi connectivity index (χ3v) is 3.96. The Morgan fingerprint density at radius 2 is 2.05 bits per heavy atom. The Balaban J connectivity index is 1.96. The molecule has 1 aromatic heterocycles. The molecule has 7 heteroatoms. The van der Waals surface area contributed by atoms with E-state index in [0.29, 0.717) is 30.2 Å². The average Bonchev–Trinajstić information content (AvgIpc) is 2.48. The van der Waals surface area contributed by atoms with E-state index in [2.05, 4.69) is 5.10 Å². The molecule has 0 aliphatic carbocycles. The van der Waals surface area contributed by atoms with E-state index in [0.717, 1.165) is 10.2 Å². The largest absolute Gasteiger partial charge is 0.334 e. The molecule has 0 spiro atoms. The summed E-state index contributed by atoms with van der Waals surface area (Å²) in [5.74, 6) is -0.417. The van der Waals surface area contributed by atoms with Crippen molar-refractivity contribution in [1.29, 1.82) is 0 Å². The van der Waals surface area contributed by atoms with Crippen LogP contribution in [-0.2, 0) is 20.0 Å². The highest BCUT2D eigenvalue weighted by molar-refractivity contribution is 6.30. The third kappa shape index (κ3) is 2.46. The first kappa shape index (κ1) is 14.6. The van der Waals surface area contributed by atoms with Crippen molar-refractivity contribution in [3.8, 4) is 0 Å². The molecule has 1 amide bonds. The Morgan fingerprint density at radius 1 is 1.27 bits per heavy atom. The zero-order valence-electron chi connectivity index (χ0n) is 11.9. The van der Waals surface area contributed by atoms with Crippen LogP contribution in [0.3, 0.4) is 0 Å². The highest BCUT2D eigenvalue weighted by Crippen LogP contribution is 2.17. The van der Waals surface area contributed by atoms with Gasteiger partial charge in [-0.15, -0.1) is 0 Å². The van der Waals surface area contributed by atoms with Crippen molar-refractivity contribution < 1.29 is 4.79 Å². The second-order valence-corrected chi connectivity index (χ2v) is 5.70. The molecule has 0 atom stereocenters. The van der Waals surface area contributed by atoms with Crippen LogP contribution in [0.4, 0.5) is 0 Å². The van der Waals surface area contributed by atoms with E-state index in [4.69, 9.17) is 11.6 Å². The number of hydrogen-bond donors (Lipinski definition) is 1. The van der Waals surface area contributed by atoms with Crippen molar-refractivity contribution in [2.24, 2.45) is 7.05 Å². The van der Waals surface area contributed by atoms with E-state index < -0.39 is 16.9 Å². The normalized spacial score (nSPS) is 14.1. The Labute approximate surface area is 130 Å². The van der Waals surface area contributed by atoms with Crippen LogP contribution in [0.25, 0.3) is 0 Å². The van der Waals surface area contributed by atoms with Gasteiger partial charge in [0.05, 0.1) is 5.69 Å². The molecule has 0 fully saturated rings. The fourth-order valence-electron chi connectivity index (χ4n) is 2.63. The summed E-state index contributed by atoms with van der Waals surface area (Å²) in [6.45, 7) is 0.833. The number of hydrogen-bond acceptors (Lipinski definition) is 3. The van der Waals surface area contributed by atoms with Crippen LogP contribution in [0.1, 0.15) is 21.6 Å². The summed E-state index contributed by atoms with van der Waals surface area (Å²) in [6, 6.07) is 7.21. The topological polar surface area (TPSA) is 75.2 Å². The van der Waals surface area contributed by atoms with Gasteiger partial charge in [-0.2, -0.15) is 0 Å². The molecule has 114 valence electrons. The van der Waals surface area contributed by atoms with Crippen LogP contribution >= 0.6 is 11.6 Å². The number of aryl methyl sites for hydroxylation is 1. The molecule has 0 saturated carbocycles. The lowest BCUT2D eigenvalue weighted by atomic mass is 10.0. The highest BCUT2D eigenvalue weighted by atomic mass is 35.5. The quantitative estimate of drug-likeness (QED) is 0.837. The highest BCUT2D eigenvalue weighted by Gasteiger charge is 2.29. The van der Waals surface area contributed by atoms with Crippen LogP contribution in [0.5, 0.6) is 0 Å². The second kappa shape index (κ2) is 5.46. The maximum atomic E-state index is 12.5. The average molecular weight is 320 g/mol. The molecule has 0 radical (unpaired) electrons. The number of carbonyl (C=O) groups excluding carboxylic acids is 1. The van der Waals surface area contributed by atoms with Gasteiger partial charge in [0.25, 0.3) is 11.3 Å². The molecule has 1 aliphatic rings. The predicted molar refractivity (Wildman–Crippen MR) is 82.2 cm³/mol. The first-order chi connectivity index (χ1) is 10.5. The molecular formula is C15H14ClN3O3. The van der Waals surface area contributed by atoms with Crippen molar-refractivity contribution in [2.45, 2.75) is 13.0 Å². The maximum absolute atomic E-state index is 12.5. The van der Waals surface area contributed by atoms with Crippen LogP contribution in [-0.4, -0.2) is 27.1 Å². The number of aromatic amines is 1. The van der Waals surface area contributed by atoms with E-state index in [1.54, 1.807) is 17.0 Å². The standard InChI is InChI=1S/C15H14ClN3O3/c1-18-15(22)13(20)12-11(17-18)5-6-19(14(12)21)8-9-3-2-4-10(16)7-9/h2-4,7,17H,5-6,8H2,1H3. The van der Waals surface area contributed by atoms with Gasteiger partial charge in [0.2, 0.25) is 0 Å². The summed E-state index contributed by atoms with van der Waals surface area (Å²) in [7, 11) is 1.47. The van der Waals surface area contributed by atoms with Crippen LogP contribution in [0.15, 0.2) is 33.9 Å². The Morgan fingerprint density at radius 3 is 2.77 bits per heavy atom. The number of aromatic nitrogens is 2. The van der Waals surface area contributed by atoms with Crippen molar-refractivity contribution in [3.05, 3.63) is 66.7 Å². The Kier molecular flexibility index (Phi) is 3.62. The van der Waals surface area contributed by atoms with Crippen molar-refractivity contribution in [1.82, 2.24) is 14.7 Å². The molecule has 0 bridgehead atoms. The SMILES string of the molecule is Cn1[nH]c2c(c(=O)c1=O)C(=O)N(Cc1cccc(Cl)c1)CC2. The van der Waals surface area contributed by atoms with Gasteiger partial charge in [-0.1, -0.05) is 23.7 Å². The van der Waals surface area contributed by atoms with Gasteiger partial charge in [0, 0.05) is 31.6 Å². The monoisotopic (exact) mass is 319 g/mol. The molecular weight excluding hydrogens is 306 g/mol. The van der Waals surface area contributed by atoms with Crippen molar-refractivity contribution >= 4 is 17.5 Å². The number of halogens is 1. The van der Waals surface area contributed by atoms with Gasteiger partial charge < -0.3 is 4.90 Å². The maximum Gasteiger partial charge on any atom is 0.313 e. The number of H-pyrrole nitrogens is 1. The van der Waals surface area contributed by atoms with Gasteiger partial charge in [0.1, 0.15) is 5.56 Å². The molecule has 1 aliphatic heterocycles. The number of fused-ring (bicyclic) bond motifs is 1. The molecule has 6 nitrogen and oxygen atoms in total. The van der Waals surface area contributed by atoms with Crippen LogP contribution in [0.2, 0.25) is 5.02 Å². The van der Waals surface area contributed by atoms with E-state index in [1.807, 2.05) is 12.1 Å². The van der Waals surface area contributed by atoms with Gasteiger partial charge in [0.15, 0.2) is 0 Å². The minimum atomic E-state index is -0.753. The summed E-state index contributed by atoms with van der Waals surface area (Å²) in [5, 5.41) is 3.39. The molecule has 0 unspecified atom stereocenters. The fraction of sp³-hybridized carbons (Fsp3) is 0.267. The number of benzene rings is 1. The zero-order valence-corrected chi connectivity index (χ0v) is 12.7. The minimum Gasteiger partial charge on any atom is -0.334 e. The molecule has 2 aromatic rings. The van der Waals surface area contributed by atoms with Crippen molar-refractivity contribution in [3.63, 3.8) is 0 Å². The molecule has 1 aromatic carbocycles.